The summed E-state index contributed by atoms with van der Waals surface area (Å²) >= 11 is 0. The van der Waals surface area contributed by atoms with Crippen LogP contribution < -0.4 is 10.1 Å². The van der Waals surface area contributed by atoms with E-state index in [0.29, 0.717) is 5.56 Å². The molecule has 0 radical (unpaired) electrons. The van der Waals surface area contributed by atoms with Gasteiger partial charge >= 0.3 is 0 Å². The van der Waals surface area contributed by atoms with Crippen molar-refractivity contribution in [3.05, 3.63) is 65.5 Å². The number of nitrogens with one attached hydrogen (secondary N) is 1. The second-order valence-electron chi connectivity index (χ2n) is 4.76. The summed E-state index contributed by atoms with van der Waals surface area (Å²) in [6, 6.07) is 10.9. The predicted molar refractivity (Wildman–Crippen MR) is 83.7 cm³/mol. The lowest BCUT2D eigenvalue weighted by molar-refractivity contribution is 0.104. The van der Waals surface area contributed by atoms with Crippen molar-refractivity contribution in [1.29, 1.82) is 0 Å². The molecule has 1 aromatic carbocycles. The van der Waals surface area contributed by atoms with Gasteiger partial charge in [-0.1, -0.05) is 0 Å². The average molecular weight is 282 g/mol. The summed E-state index contributed by atoms with van der Waals surface area (Å²) in [6.45, 7) is 3.83. The molecular weight excluding hydrogens is 264 g/mol. The fourth-order valence-electron chi connectivity index (χ4n) is 1.88. The zero-order chi connectivity index (χ0) is 15.2. The van der Waals surface area contributed by atoms with Crippen LogP contribution in [0.5, 0.6) is 5.75 Å². The minimum absolute atomic E-state index is 0.0599. The maximum absolute atomic E-state index is 12.1. The number of ketones is 1. The molecule has 0 fully saturated rings. The summed E-state index contributed by atoms with van der Waals surface area (Å²) in [7, 11) is 1.60. The maximum atomic E-state index is 12.1. The van der Waals surface area contributed by atoms with Crippen LogP contribution in [0.2, 0.25) is 0 Å². The Hall–Kier alpha value is -2.62. The van der Waals surface area contributed by atoms with Gasteiger partial charge in [0.15, 0.2) is 5.78 Å². The van der Waals surface area contributed by atoms with Crippen LogP contribution in [0.1, 0.15) is 22.8 Å². The molecule has 2 aromatic rings. The summed E-state index contributed by atoms with van der Waals surface area (Å²) < 4.78 is 5.07. The van der Waals surface area contributed by atoms with E-state index in [1.807, 2.05) is 26.0 Å². The van der Waals surface area contributed by atoms with Crippen LogP contribution in [0.25, 0.3) is 0 Å². The highest BCUT2D eigenvalue weighted by molar-refractivity contribution is 6.05. The number of allylic oxidation sites excluding steroid dienone is 2. The first-order valence-corrected chi connectivity index (χ1v) is 6.65. The van der Waals surface area contributed by atoms with Gasteiger partial charge in [0.05, 0.1) is 7.11 Å². The number of ether oxygens (including phenoxy) is 1. The van der Waals surface area contributed by atoms with Gasteiger partial charge in [0.2, 0.25) is 0 Å². The molecule has 4 nitrogen and oxygen atoms in total. The van der Waals surface area contributed by atoms with E-state index in [2.05, 4.69) is 10.3 Å². The van der Waals surface area contributed by atoms with Crippen LogP contribution in [0.3, 0.4) is 0 Å². The molecule has 1 N–H and O–H groups in total. The summed E-state index contributed by atoms with van der Waals surface area (Å²) in [5.74, 6) is 1.40. The number of aryl methyl sites for hydroxylation is 1. The van der Waals surface area contributed by atoms with Gasteiger partial charge in [-0.05, 0) is 55.8 Å². The topological polar surface area (TPSA) is 51.2 Å². The van der Waals surface area contributed by atoms with E-state index in [1.165, 1.54) is 0 Å². The van der Waals surface area contributed by atoms with Crippen LogP contribution in [0.15, 0.2) is 54.4 Å². The second kappa shape index (κ2) is 6.70. The number of nitrogens with zero attached hydrogens (tertiary/aromatic N) is 1. The normalized spacial score (nSPS) is 11.1. The molecule has 0 atom stereocenters. The van der Waals surface area contributed by atoms with Crippen molar-refractivity contribution in [3.63, 3.8) is 0 Å². The van der Waals surface area contributed by atoms with Gasteiger partial charge in [0.25, 0.3) is 0 Å². The van der Waals surface area contributed by atoms with Crippen LogP contribution >= 0.6 is 0 Å². The third kappa shape index (κ3) is 4.18. The van der Waals surface area contributed by atoms with Gasteiger partial charge in [-0.15, -0.1) is 0 Å². The third-order valence-corrected chi connectivity index (χ3v) is 2.96. The molecule has 0 aliphatic rings. The molecule has 0 aliphatic heterocycles. The van der Waals surface area contributed by atoms with Crippen molar-refractivity contribution in [2.75, 3.05) is 12.4 Å². The van der Waals surface area contributed by atoms with Gasteiger partial charge < -0.3 is 10.1 Å². The first-order chi connectivity index (χ1) is 10.1. The molecule has 0 saturated heterocycles. The number of hydrogen-bond acceptors (Lipinski definition) is 4. The Morgan fingerprint density at radius 2 is 1.95 bits per heavy atom. The predicted octanol–water partition coefficient (Wildman–Crippen LogP) is 3.60. The fourth-order valence-corrected chi connectivity index (χ4v) is 1.88. The van der Waals surface area contributed by atoms with Crippen molar-refractivity contribution in [3.8, 4) is 5.75 Å². The summed E-state index contributed by atoms with van der Waals surface area (Å²) in [5.41, 5.74) is 2.48. The van der Waals surface area contributed by atoms with Gasteiger partial charge in [-0.3, -0.25) is 4.79 Å². The summed E-state index contributed by atoms with van der Waals surface area (Å²) in [4.78, 5) is 16.3. The SMILES string of the molecule is COc1ccc(C(=O)C=C(C)Nc2cc(C)ccn2)cc1. The highest BCUT2D eigenvalue weighted by Crippen LogP contribution is 2.13. The highest BCUT2D eigenvalue weighted by atomic mass is 16.5. The molecule has 2 rings (SSSR count). The van der Waals surface area contributed by atoms with Gasteiger partial charge in [0.1, 0.15) is 11.6 Å². The molecule has 4 heteroatoms. The number of hydrogen-bond donors (Lipinski definition) is 1. The Morgan fingerprint density at radius 3 is 2.57 bits per heavy atom. The van der Waals surface area contributed by atoms with E-state index in [4.69, 9.17) is 4.74 Å². The molecule has 1 aromatic heterocycles. The molecule has 0 spiro atoms. The van der Waals surface area contributed by atoms with Crippen molar-refractivity contribution in [1.82, 2.24) is 4.98 Å². The van der Waals surface area contributed by atoms with E-state index in [0.717, 1.165) is 22.8 Å². The van der Waals surface area contributed by atoms with Gasteiger partial charge in [-0.25, -0.2) is 4.98 Å². The van der Waals surface area contributed by atoms with E-state index in [1.54, 1.807) is 43.6 Å². The second-order valence-corrected chi connectivity index (χ2v) is 4.76. The monoisotopic (exact) mass is 282 g/mol. The molecule has 108 valence electrons. The van der Waals surface area contributed by atoms with Gasteiger partial charge in [0, 0.05) is 23.5 Å². The van der Waals surface area contributed by atoms with Gasteiger partial charge in [-0.2, -0.15) is 0 Å². The van der Waals surface area contributed by atoms with E-state index < -0.39 is 0 Å². The molecule has 21 heavy (non-hydrogen) atoms. The lowest BCUT2D eigenvalue weighted by Crippen LogP contribution is -2.02. The van der Waals surface area contributed by atoms with Crippen LogP contribution in [0, 0.1) is 6.92 Å². The number of pyridine rings is 1. The number of carbonyl (C=O) groups is 1. The van der Waals surface area contributed by atoms with Crippen LogP contribution in [0.4, 0.5) is 5.82 Å². The maximum Gasteiger partial charge on any atom is 0.187 e. The minimum Gasteiger partial charge on any atom is -0.497 e. The van der Waals surface area contributed by atoms with Crippen LogP contribution in [-0.4, -0.2) is 17.9 Å². The molecule has 1 heterocycles. The van der Waals surface area contributed by atoms with E-state index >= 15 is 0 Å². The van der Waals surface area contributed by atoms with E-state index in [9.17, 15) is 4.79 Å². The standard InChI is InChI=1S/C17H18N2O2/c1-12-8-9-18-17(10-12)19-13(2)11-16(20)14-4-6-15(21-3)7-5-14/h4-11H,1-3H3,(H,18,19). The molecule has 0 bridgehead atoms. The Kier molecular flexibility index (Phi) is 4.72. The Bertz CT molecular complexity index is 661. The number of benzene rings is 1. The lowest BCUT2D eigenvalue weighted by atomic mass is 10.1. The zero-order valence-electron chi connectivity index (χ0n) is 12.4. The quantitative estimate of drug-likeness (QED) is 0.672. The third-order valence-electron chi connectivity index (χ3n) is 2.96. The van der Waals surface area contributed by atoms with Crippen LogP contribution in [-0.2, 0) is 0 Å². The average Bonchev–Trinajstić information content (AvgIpc) is 2.47. The number of rotatable bonds is 5. The lowest BCUT2D eigenvalue weighted by Gasteiger charge is -2.06. The number of methoxy groups -OCH3 is 1. The van der Waals surface area contributed by atoms with E-state index in [-0.39, 0.29) is 5.78 Å². The number of aromatic nitrogens is 1. The molecular formula is C17H18N2O2. The van der Waals surface area contributed by atoms with Crippen molar-refractivity contribution in [2.45, 2.75) is 13.8 Å². The molecule has 0 unspecified atom stereocenters. The Morgan fingerprint density at radius 1 is 1.24 bits per heavy atom. The molecule has 0 amide bonds. The summed E-state index contributed by atoms with van der Waals surface area (Å²) in [6.07, 6.45) is 3.29. The van der Waals surface area contributed by atoms with Crippen molar-refractivity contribution < 1.29 is 9.53 Å². The number of anilines is 1. The first-order valence-electron chi connectivity index (χ1n) is 6.65. The first kappa shape index (κ1) is 14.8. The Labute approximate surface area is 124 Å². The Balaban J connectivity index is 2.08. The number of carbonyl (C=O) groups excluding carboxylic acids is 1. The zero-order valence-corrected chi connectivity index (χ0v) is 12.4. The van der Waals surface area contributed by atoms with Crippen molar-refractivity contribution >= 4 is 11.6 Å². The molecule has 0 saturated carbocycles. The summed E-state index contributed by atoms with van der Waals surface area (Å²) in [5, 5.41) is 3.11. The minimum atomic E-state index is -0.0599. The largest absolute Gasteiger partial charge is 0.497 e. The van der Waals surface area contributed by atoms with Crippen molar-refractivity contribution in [2.24, 2.45) is 0 Å². The smallest absolute Gasteiger partial charge is 0.187 e. The highest BCUT2D eigenvalue weighted by Gasteiger charge is 2.04. The fraction of sp³-hybridized carbons (Fsp3) is 0.176. The molecule has 0 aliphatic carbocycles.